The average Bonchev–Trinajstić information content (AvgIpc) is 2.61. The van der Waals surface area contributed by atoms with E-state index in [9.17, 15) is 4.79 Å². The molecule has 0 aliphatic carbocycles. The first kappa shape index (κ1) is 15.4. The molecule has 120 valence electrons. The molecule has 1 unspecified atom stereocenters. The molecule has 0 bridgehead atoms. The van der Waals surface area contributed by atoms with Crippen molar-refractivity contribution in [3.8, 4) is 11.5 Å². The molecule has 4 nitrogen and oxygen atoms in total. The van der Waals surface area contributed by atoms with Crippen LogP contribution in [-0.2, 0) is 12.8 Å². The lowest BCUT2D eigenvalue weighted by atomic mass is 9.90. The van der Waals surface area contributed by atoms with E-state index < -0.39 is 0 Å². The maximum atomic E-state index is 11.6. The second-order valence-electron chi connectivity index (χ2n) is 5.83. The average molecular weight is 311 g/mol. The van der Waals surface area contributed by atoms with E-state index in [0.717, 1.165) is 24.3 Å². The molecule has 2 aromatic rings. The standard InChI is InChI=1S/C19H21NO3/c1-20-19(21)15-5-3-13(4-6-15)9-14-10-16-7-8-17(22-2)11-18(16)23-12-14/h3-8,11,14H,9-10,12H2,1-2H3,(H,20,21). The number of methoxy groups -OCH3 is 1. The lowest BCUT2D eigenvalue weighted by molar-refractivity contribution is 0.0963. The van der Waals surface area contributed by atoms with Gasteiger partial charge in [0.15, 0.2) is 0 Å². The summed E-state index contributed by atoms with van der Waals surface area (Å²) in [7, 11) is 3.30. The number of fused-ring (bicyclic) bond motifs is 1. The first-order valence-electron chi connectivity index (χ1n) is 7.80. The van der Waals surface area contributed by atoms with Crippen molar-refractivity contribution in [3.63, 3.8) is 0 Å². The first-order chi connectivity index (χ1) is 11.2. The van der Waals surface area contributed by atoms with Gasteiger partial charge in [-0.1, -0.05) is 18.2 Å². The third-order valence-electron chi connectivity index (χ3n) is 4.23. The van der Waals surface area contributed by atoms with E-state index >= 15 is 0 Å². The van der Waals surface area contributed by atoms with E-state index in [4.69, 9.17) is 9.47 Å². The molecular weight excluding hydrogens is 290 g/mol. The molecule has 4 heteroatoms. The Bertz CT molecular complexity index is 694. The molecule has 1 amide bonds. The van der Waals surface area contributed by atoms with Crippen molar-refractivity contribution in [2.24, 2.45) is 5.92 Å². The molecule has 0 saturated carbocycles. The maximum absolute atomic E-state index is 11.6. The summed E-state index contributed by atoms with van der Waals surface area (Å²) in [5.74, 6) is 2.14. The van der Waals surface area contributed by atoms with Gasteiger partial charge in [0.1, 0.15) is 11.5 Å². The lowest BCUT2D eigenvalue weighted by Crippen LogP contribution is -2.23. The van der Waals surface area contributed by atoms with Gasteiger partial charge in [0.2, 0.25) is 0 Å². The Morgan fingerprint density at radius 1 is 1.26 bits per heavy atom. The van der Waals surface area contributed by atoms with E-state index in [-0.39, 0.29) is 5.91 Å². The van der Waals surface area contributed by atoms with Gasteiger partial charge in [-0.05, 0) is 42.2 Å². The smallest absolute Gasteiger partial charge is 0.251 e. The highest BCUT2D eigenvalue weighted by Gasteiger charge is 2.20. The van der Waals surface area contributed by atoms with Crippen LogP contribution in [0.15, 0.2) is 42.5 Å². The second-order valence-corrected chi connectivity index (χ2v) is 5.83. The zero-order valence-electron chi connectivity index (χ0n) is 13.5. The molecule has 1 aliphatic rings. The van der Waals surface area contributed by atoms with Crippen LogP contribution in [0, 0.1) is 5.92 Å². The molecule has 0 radical (unpaired) electrons. The highest BCUT2D eigenvalue weighted by Crippen LogP contribution is 2.32. The van der Waals surface area contributed by atoms with Crippen LogP contribution < -0.4 is 14.8 Å². The van der Waals surface area contributed by atoms with Gasteiger partial charge in [0.05, 0.1) is 13.7 Å². The third kappa shape index (κ3) is 3.47. The van der Waals surface area contributed by atoms with Gasteiger partial charge >= 0.3 is 0 Å². The SMILES string of the molecule is CNC(=O)c1ccc(CC2COc3cc(OC)ccc3C2)cc1. The number of hydrogen-bond acceptors (Lipinski definition) is 3. The summed E-state index contributed by atoms with van der Waals surface area (Å²) in [5.41, 5.74) is 3.14. The number of carbonyl (C=O) groups is 1. The van der Waals surface area contributed by atoms with Crippen molar-refractivity contribution in [1.82, 2.24) is 5.32 Å². The molecular formula is C19H21NO3. The van der Waals surface area contributed by atoms with Gasteiger partial charge in [-0.15, -0.1) is 0 Å². The Morgan fingerprint density at radius 2 is 2.04 bits per heavy atom. The zero-order valence-corrected chi connectivity index (χ0v) is 13.5. The van der Waals surface area contributed by atoms with Crippen LogP contribution in [0.5, 0.6) is 11.5 Å². The molecule has 0 fully saturated rings. The molecule has 23 heavy (non-hydrogen) atoms. The van der Waals surface area contributed by atoms with Crippen LogP contribution in [0.2, 0.25) is 0 Å². The van der Waals surface area contributed by atoms with Crippen molar-refractivity contribution in [2.45, 2.75) is 12.8 Å². The van der Waals surface area contributed by atoms with Gasteiger partial charge in [-0.2, -0.15) is 0 Å². The molecule has 1 N–H and O–H groups in total. The summed E-state index contributed by atoms with van der Waals surface area (Å²) in [4.78, 5) is 11.6. The van der Waals surface area contributed by atoms with Crippen molar-refractivity contribution in [3.05, 3.63) is 59.2 Å². The summed E-state index contributed by atoms with van der Waals surface area (Å²) in [6, 6.07) is 13.8. The van der Waals surface area contributed by atoms with E-state index in [0.29, 0.717) is 18.1 Å². The largest absolute Gasteiger partial charge is 0.497 e. The molecule has 0 spiro atoms. The Hall–Kier alpha value is -2.49. The predicted molar refractivity (Wildman–Crippen MR) is 89.2 cm³/mol. The quantitative estimate of drug-likeness (QED) is 0.944. The minimum atomic E-state index is -0.0552. The number of rotatable bonds is 4. The fourth-order valence-corrected chi connectivity index (χ4v) is 2.94. The number of nitrogens with one attached hydrogen (secondary N) is 1. The van der Waals surface area contributed by atoms with Crippen LogP contribution >= 0.6 is 0 Å². The van der Waals surface area contributed by atoms with Crippen molar-refractivity contribution in [2.75, 3.05) is 20.8 Å². The topological polar surface area (TPSA) is 47.6 Å². The molecule has 3 rings (SSSR count). The molecule has 1 aliphatic heterocycles. The summed E-state index contributed by atoms with van der Waals surface area (Å²) >= 11 is 0. The van der Waals surface area contributed by atoms with Crippen LogP contribution in [0.1, 0.15) is 21.5 Å². The van der Waals surface area contributed by atoms with E-state index in [2.05, 4.69) is 11.4 Å². The number of carbonyl (C=O) groups excluding carboxylic acids is 1. The maximum Gasteiger partial charge on any atom is 0.251 e. The Morgan fingerprint density at radius 3 is 2.74 bits per heavy atom. The normalized spacial score (nSPS) is 16.2. The molecule has 2 aromatic carbocycles. The third-order valence-corrected chi connectivity index (χ3v) is 4.23. The van der Waals surface area contributed by atoms with Gasteiger partial charge in [-0.25, -0.2) is 0 Å². The Balaban J connectivity index is 1.66. The summed E-state index contributed by atoms with van der Waals surface area (Å²) in [6.45, 7) is 0.706. The summed E-state index contributed by atoms with van der Waals surface area (Å²) in [5, 5.41) is 2.63. The zero-order chi connectivity index (χ0) is 16.2. The number of hydrogen-bond donors (Lipinski definition) is 1. The van der Waals surface area contributed by atoms with Crippen molar-refractivity contribution < 1.29 is 14.3 Å². The summed E-state index contributed by atoms with van der Waals surface area (Å²) in [6.07, 6.45) is 1.94. The highest BCUT2D eigenvalue weighted by molar-refractivity contribution is 5.93. The first-order valence-corrected chi connectivity index (χ1v) is 7.80. The van der Waals surface area contributed by atoms with Crippen LogP contribution in [0.25, 0.3) is 0 Å². The lowest BCUT2D eigenvalue weighted by Gasteiger charge is -2.25. The van der Waals surface area contributed by atoms with Gasteiger partial charge < -0.3 is 14.8 Å². The van der Waals surface area contributed by atoms with E-state index in [1.165, 1.54) is 11.1 Å². The van der Waals surface area contributed by atoms with Gasteiger partial charge in [-0.3, -0.25) is 4.79 Å². The molecule has 0 saturated heterocycles. The molecule has 1 atom stereocenters. The number of benzene rings is 2. The van der Waals surface area contributed by atoms with Crippen molar-refractivity contribution in [1.29, 1.82) is 0 Å². The fraction of sp³-hybridized carbons (Fsp3) is 0.316. The number of ether oxygens (including phenoxy) is 2. The fourth-order valence-electron chi connectivity index (χ4n) is 2.94. The van der Waals surface area contributed by atoms with Crippen LogP contribution in [0.4, 0.5) is 0 Å². The Kier molecular flexibility index (Phi) is 4.51. The van der Waals surface area contributed by atoms with Crippen LogP contribution in [-0.4, -0.2) is 26.7 Å². The van der Waals surface area contributed by atoms with E-state index in [1.54, 1.807) is 14.2 Å². The molecule has 0 aromatic heterocycles. The minimum absolute atomic E-state index is 0.0552. The highest BCUT2D eigenvalue weighted by atomic mass is 16.5. The van der Waals surface area contributed by atoms with E-state index in [1.807, 2.05) is 36.4 Å². The van der Waals surface area contributed by atoms with Crippen molar-refractivity contribution >= 4 is 5.91 Å². The monoisotopic (exact) mass is 311 g/mol. The second kappa shape index (κ2) is 6.73. The Labute approximate surface area is 136 Å². The minimum Gasteiger partial charge on any atom is -0.497 e. The number of amides is 1. The van der Waals surface area contributed by atoms with Crippen LogP contribution in [0.3, 0.4) is 0 Å². The van der Waals surface area contributed by atoms with Gasteiger partial charge in [0, 0.05) is 24.6 Å². The van der Waals surface area contributed by atoms with Gasteiger partial charge in [0.25, 0.3) is 5.91 Å². The summed E-state index contributed by atoms with van der Waals surface area (Å²) < 4.78 is 11.1. The molecule has 1 heterocycles. The predicted octanol–water partition coefficient (Wildman–Crippen LogP) is 2.85.